The molecule has 4 heteroatoms. The maximum atomic E-state index is 6.59. The predicted octanol–water partition coefficient (Wildman–Crippen LogP) is 3.44. The number of rotatable bonds is 9. The largest absolute Gasteiger partial charge is 0.306 e. The molecule has 2 atom stereocenters. The SMILES string of the molecule is CCCCC1=N[N+](N)(CCCC)C(CCCC)N1C. The van der Waals surface area contributed by atoms with E-state index in [4.69, 9.17) is 10.9 Å². The molecule has 2 unspecified atom stereocenters. The van der Waals surface area contributed by atoms with Gasteiger partial charge in [0.1, 0.15) is 6.54 Å². The van der Waals surface area contributed by atoms with E-state index in [1.807, 2.05) is 0 Å². The second-order valence-electron chi connectivity index (χ2n) is 5.82. The fourth-order valence-electron chi connectivity index (χ4n) is 2.80. The minimum Gasteiger partial charge on any atom is -0.306 e. The molecule has 1 rings (SSSR count). The molecule has 4 nitrogen and oxygen atoms in total. The Hall–Kier alpha value is -0.610. The molecule has 0 aromatic rings. The van der Waals surface area contributed by atoms with Crippen molar-refractivity contribution in [2.24, 2.45) is 10.9 Å². The summed E-state index contributed by atoms with van der Waals surface area (Å²) in [7, 11) is 2.17. The third kappa shape index (κ3) is 4.18. The second kappa shape index (κ2) is 7.85. The van der Waals surface area contributed by atoms with E-state index in [9.17, 15) is 0 Å². The summed E-state index contributed by atoms with van der Waals surface area (Å²) in [6.07, 6.45) is 9.77. The van der Waals surface area contributed by atoms with Crippen LogP contribution in [0.4, 0.5) is 0 Å². The number of unbranched alkanes of at least 4 members (excludes halogenated alkanes) is 3. The average molecular weight is 269 g/mol. The molecule has 19 heavy (non-hydrogen) atoms. The van der Waals surface area contributed by atoms with E-state index in [0.29, 0.717) is 10.9 Å². The first-order valence-corrected chi connectivity index (χ1v) is 8.07. The van der Waals surface area contributed by atoms with Crippen LogP contribution in [0.15, 0.2) is 5.10 Å². The van der Waals surface area contributed by atoms with Crippen molar-refractivity contribution in [3.05, 3.63) is 0 Å². The number of amidine groups is 1. The van der Waals surface area contributed by atoms with Gasteiger partial charge in [0.05, 0.1) is 0 Å². The summed E-state index contributed by atoms with van der Waals surface area (Å²) >= 11 is 0. The molecule has 1 aliphatic rings. The normalized spacial score (nSPS) is 26.9. The van der Waals surface area contributed by atoms with Crippen LogP contribution in [0.2, 0.25) is 0 Å². The topological polar surface area (TPSA) is 41.6 Å². The molecular formula is C15H33N4+. The van der Waals surface area contributed by atoms with Gasteiger partial charge in [-0.15, -0.1) is 4.70 Å². The van der Waals surface area contributed by atoms with E-state index in [2.05, 4.69) is 32.7 Å². The Balaban J connectivity index is 2.76. The van der Waals surface area contributed by atoms with Crippen molar-refractivity contribution in [1.82, 2.24) is 4.90 Å². The van der Waals surface area contributed by atoms with Crippen molar-refractivity contribution < 1.29 is 4.70 Å². The van der Waals surface area contributed by atoms with Gasteiger partial charge < -0.3 is 4.90 Å². The Bertz CT molecular complexity index is 290. The summed E-state index contributed by atoms with van der Waals surface area (Å²) in [6, 6.07) is 0. The van der Waals surface area contributed by atoms with E-state index in [0.717, 1.165) is 25.8 Å². The molecule has 0 saturated heterocycles. The van der Waals surface area contributed by atoms with Crippen LogP contribution in [0.3, 0.4) is 0 Å². The van der Waals surface area contributed by atoms with Crippen LogP contribution in [0.5, 0.6) is 0 Å². The van der Waals surface area contributed by atoms with Gasteiger partial charge in [-0.3, -0.25) is 0 Å². The summed E-state index contributed by atoms with van der Waals surface area (Å²) < 4.78 is 0.392. The van der Waals surface area contributed by atoms with Crippen LogP contribution in [-0.4, -0.2) is 35.2 Å². The number of nitrogens with two attached hydrogens (primary N) is 1. The van der Waals surface area contributed by atoms with Gasteiger partial charge in [0.2, 0.25) is 6.17 Å². The van der Waals surface area contributed by atoms with Gasteiger partial charge in [0, 0.05) is 26.3 Å². The van der Waals surface area contributed by atoms with Crippen molar-refractivity contribution in [2.75, 3.05) is 13.6 Å². The molecule has 0 fully saturated rings. The molecule has 112 valence electrons. The van der Waals surface area contributed by atoms with Gasteiger partial charge >= 0.3 is 0 Å². The first kappa shape index (κ1) is 16.4. The molecule has 0 amide bonds. The van der Waals surface area contributed by atoms with E-state index < -0.39 is 0 Å². The van der Waals surface area contributed by atoms with E-state index >= 15 is 0 Å². The molecule has 0 aromatic heterocycles. The van der Waals surface area contributed by atoms with Crippen LogP contribution in [0.25, 0.3) is 0 Å². The molecule has 0 spiro atoms. The Morgan fingerprint density at radius 1 is 1.11 bits per heavy atom. The molecule has 0 radical (unpaired) electrons. The lowest BCUT2D eigenvalue weighted by molar-refractivity contribution is -0.971. The van der Waals surface area contributed by atoms with Crippen molar-refractivity contribution in [3.63, 3.8) is 0 Å². The summed E-state index contributed by atoms with van der Waals surface area (Å²) in [5, 5.41) is 4.87. The maximum Gasteiger partial charge on any atom is 0.208 e. The summed E-state index contributed by atoms with van der Waals surface area (Å²) in [6.45, 7) is 7.65. The zero-order chi connectivity index (χ0) is 14.3. The standard InChI is InChI=1S/C15H33N4/c1-5-8-11-14-17-19(16,13-10-7-3)15(18(14)4)12-9-6-2/h15H,5-13,16H2,1-4H3/q+1. The van der Waals surface area contributed by atoms with E-state index in [1.54, 1.807) is 0 Å². The minimum atomic E-state index is 0.346. The lowest BCUT2D eigenvalue weighted by atomic mass is 10.1. The predicted molar refractivity (Wildman–Crippen MR) is 82.3 cm³/mol. The molecule has 0 aliphatic carbocycles. The summed E-state index contributed by atoms with van der Waals surface area (Å²) in [4.78, 5) is 2.35. The van der Waals surface area contributed by atoms with Crippen molar-refractivity contribution in [3.8, 4) is 0 Å². The molecule has 1 aliphatic heterocycles. The van der Waals surface area contributed by atoms with E-state index in [-0.39, 0.29) is 0 Å². The maximum absolute atomic E-state index is 6.59. The van der Waals surface area contributed by atoms with Crippen LogP contribution < -0.4 is 5.84 Å². The average Bonchev–Trinajstić information content (AvgIpc) is 2.64. The van der Waals surface area contributed by atoms with Crippen LogP contribution in [0.1, 0.15) is 72.1 Å². The van der Waals surface area contributed by atoms with Crippen molar-refractivity contribution in [1.29, 1.82) is 0 Å². The Labute approximate surface area is 119 Å². The molecular weight excluding hydrogens is 236 g/mol. The van der Waals surface area contributed by atoms with Crippen LogP contribution in [-0.2, 0) is 0 Å². The number of hydrogen-bond acceptors (Lipinski definition) is 3. The zero-order valence-electron chi connectivity index (χ0n) is 13.4. The molecule has 1 heterocycles. The molecule has 0 saturated carbocycles. The molecule has 0 bridgehead atoms. The highest BCUT2D eigenvalue weighted by Gasteiger charge is 2.44. The second-order valence-corrected chi connectivity index (χ2v) is 5.82. The fraction of sp³-hybridized carbons (Fsp3) is 0.933. The zero-order valence-corrected chi connectivity index (χ0v) is 13.4. The highest BCUT2D eigenvalue weighted by Crippen LogP contribution is 2.27. The van der Waals surface area contributed by atoms with Gasteiger partial charge in [0.25, 0.3) is 0 Å². The minimum absolute atomic E-state index is 0.346. The quantitative estimate of drug-likeness (QED) is 0.514. The Morgan fingerprint density at radius 2 is 1.74 bits per heavy atom. The first-order valence-electron chi connectivity index (χ1n) is 8.07. The lowest BCUT2D eigenvalue weighted by Crippen LogP contribution is -2.58. The smallest absolute Gasteiger partial charge is 0.208 e. The summed E-state index contributed by atoms with van der Waals surface area (Å²) in [5.41, 5.74) is 0. The Kier molecular flexibility index (Phi) is 6.80. The monoisotopic (exact) mass is 269 g/mol. The van der Waals surface area contributed by atoms with Gasteiger partial charge in [-0.05, 0) is 17.9 Å². The van der Waals surface area contributed by atoms with E-state index in [1.165, 1.54) is 37.9 Å². The van der Waals surface area contributed by atoms with Gasteiger partial charge in [-0.1, -0.05) is 40.0 Å². The van der Waals surface area contributed by atoms with Gasteiger partial charge in [-0.2, -0.15) is 5.84 Å². The molecule has 2 N–H and O–H groups in total. The third-order valence-corrected chi connectivity index (χ3v) is 4.11. The van der Waals surface area contributed by atoms with Gasteiger partial charge in [0.15, 0.2) is 5.84 Å². The Morgan fingerprint density at radius 3 is 2.32 bits per heavy atom. The lowest BCUT2D eigenvalue weighted by Gasteiger charge is -2.32. The number of hydrogen-bond donors (Lipinski definition) is 1. The summed E-state index contributed by atoms with van der Waals surface area (Å²) in [5.74, 6) is 7.80. The van der Waals surface area contributed by atoms with Crippen molar-refractivity contribution in [2.45, 2.75) is 78.3 Å². The molecule has 0 aromatic carbocycles. The van der Waals surface area contributed by atoms with Crippen molar-refractivity contribution >= 4 is 5.84 Å². The van der Waals surface area contributed by atoms with Crippen LogP contribution in [0, 0.1) is 0 Å². The fourth-order valence-corrected chi connectivity index (χ4v) is 2.80. The highest BCUT2D eigenvalue weighted by atomic mass is 15.9. The third-order valence-electron chi connectivity index (χ3n) is 4.11. The first-order chi connectivity index (χ1) is 9.09. The highest BCUT2D eigenvalue weighted by molar-refractivity contribution is 5.82. The number of nitrogens with zero attached hydrogens (tertiary/aromatic N) is 3. The van der Waals surface area contributed by atoms with Crippen LogP contribution >= 0.6 is 0 Å². The van der Waals surface area contributed by atoms with Gasteiger partial charge in [-0.25, -0.2) is 0 Å². The number of quaternary nitrogens is 1.